The van der Waals surface area contributed by atoms with E-state index in [1.807, 2.05) is 37.3 Å². The van der Waals surface area contributed by atoms with Gasteiger partial charge < -0.3 is 19.5 Å². The van der Waals surface area contributed by atoms with E-state index in [9.17, 15) is 10.1 Å². The number of nitrogens with zero attached hydrogens (tertiary/aromatic N) is 1. The number of halogens is 2. The van der Waals surface area contributed by atoms with E-state index in [1.165, 1.54) is 13.2 Å². The van der Waals surface area contributed by atoms with Gasteiger partial charge in [-0.2, -0.15) is 5.26 Å². The molecule has 0 fully saturated rings. The topological polar surface area (TPSA) is 80.6 Å². The van der Waals surface area contributed by atoms with E-state index >= 15 is 0 Å². The summed E-state index contributed by atoms with van der Waals surface area (Å²) >= 11 is 9.67. The lowest BCUT2D eigenvalue weighted by Crippen LogP contribution is -2.13. The number of anilines is 1. The van der Waals surface area contributed by atoms with Gasteiger partial charge in [0.15, 0.2) is 11.5 Å². The Morgan fingerprint density at radius 3 is 2.44 bits per heavy atom. The number of benzene rings is 3. The molecule has 0 aliphatic rings. The second-order valence-electron chi connectivity index (χ2n) is 7.03. The van der Waals surface area contributed by atoms with Crippen molar-refractivity contribution in [2.75, 3.05) is 19.0 Å². The van der Waals surface area contributed by atoms with E-state index < -0.39 is 5.91 Å². The summed E-state index contributed by atoms with van der Waals surface area (Å²) in [6.45, 7) is 2.67. The van der Waals surface area contributed by atoms with Crippen molar-refractivity contribution in [2.45, 2.75) is 13.5 Å². The van der Waals surface area contributed by atoms with Gasteiger partial charge in [0.2, 0.25) is 0 Å². The molecule has 3 aromatic rings. The van der Waals surface area contributed by atoms with Crippen molar-refractivity contribution in [3.8, 4) is 23.3 Å². The second-order valence-corrected chi connectivity index (χ2v) is 8.35. The molecule has 0 bridgehead atoms. The fourth-order valence-corrected chi connectivity index (χ4v) is 3.59. The zero-order valence-electron chi connectivity index (χ0n) is 18.6. The van der Waals surface area contributed by atoms with Gasteiger partial charge in [0, 0.05) is 10.2 Å². The van der Waals surface area contributed by atoms with Crippen LogP contribution in [0.25, 0.3) is 6.08 Å². The molecule has 8 heteroatoms. The van der Waals surface area contributed by atoms with E-state index in [0.717, 1.165) is 10.0 Å². The first-order chi connectivity index (χ1) is 16.4. The van der Waals surface area contributed by atoms with Gasteiger partial charge in [-0.15, -0.1) is 0 Å². The van der Waals surface area contributed by atoms with Gasteiger partial charge in [0.1, 0.15) is 24.0 Å². The summed E-state index contributed by atoms with van der Waals surface area (Å²) in [5.74, 6) is 0.940. The van der Waals surface area contributed by atoms with Crippen molar-refractivity contribution in [1.82, 2.24) is 0 Å². The average Bonchev–Trinajstić information content (AvgIpc) is 2.83. The van der Waals surface area contributed by atoms with Crippen LogP contribution in [0.4, 0.5) is 5.69 Å². The molecule has 0 saturated heterocycles. The van der Waals surface area contributed by atoms with Crippen molar-refractivity contribution in [3.05, 3.63) is 86.9 Å². The molecule has 174 valence electrons. The summed E-state index contributed by atoms with van der Waals surface area (Å²) in [6.07, 6.45) is 1.44. The highest BCUT2D eigenvalue weighted by Gasteiger charge is 2.14. The Hall–Kier alpha value is -3.47. The number of hydrogen-bond donors (Lipinski definition) is 1. The van der Waals surface area contributed by atoms with Crippen LogP contribution in [0.2, 0.25) is 5.02 Å². The molecule has 6 nitrogen and oxygen atoms in total. The Kier molecular flexibility index (Phi) is 8.97. The highest BCUT2D eigenvalue weighted by Crippen LogP contribution is 2.37. The van der Waals surface area contributed by atoms with Gasteiger partial charge in [-0.1, -0.05) is 39.7 Å². The number of nitrogens with one attached hydrogen (secondary N) is 1. The first-order valence-electron chi connectivity index (χ1n) is 10.3. The first-order valence-corrected chi connectivity index (χ1v) is 11.5. The molecule has 1 amide bonds. The Morgan fingerprint density at radius 1 is 1.12 bits per heavy atom. The molecule has 3 aromatic carbocycles. The highest BCUT2D eigenvalue weighted by molar-refractivity contribution is 9.10. The number of carbonyl (C=O) groups is 1. The van der Waals surface area contributed by atoms with Crippen molar-refractivity contribution in [2.24, 2.45) is 0 Å². The fraction of sp³-hybridized carbons (Fsp3) is 0.154. The standard InChI is InChI=1S/C26H22BrClN2O4/c1-3-33-24-14-18(13-23(28)25(24)32-2)12-19(15-29)26(31)30-21-8-10-22(11-9-21)34-16-17-4-6-20(27)7-5-17/h4-14H,3,16H2,1-2H3,(H,30,31)/b19-12+. The minimum atomic E-state index is -0.545. The van der Waals surface area contributed by atoms with E-state index in [-0.39, 0.29) is 5.57 Å². The van der Waals surface area contributed by atoms with E-state index in [2.05, 4.69) is 21.2 Å². The Balaban J connectivity index is 1.68. The van der Waals surface area contributed by atoms with E-state index in [0.29, 0.717) is 46.7 Å². The molecule has 3 rings (SSSR count). The minimum absolute atomic E-state index is 0.0840. The molecule has 0 spiro atoms. The van der Waals surface area contributed by atoms with Crippen LogP contribution < -0.4 is 19.5 Å². The molecule has 1 N–H and O–H groups in total. The van der Waals surface area contributed by atoms with Crippen molar-refractivity contribution in [3.63, 3.8) is 0 Å². The van der Waals surface area contributed by atoms with Gasteiger partial charge in [-0.3, -0.25) is 4.79 Å². The fourth-order valence-electron chi connectivity index (χ4n) is 3.03. The summed E-state index contributed by atoms with van der Waals surface area (Å²) in [7, 11) is 1.49. The number of carbonyl (C=O) groups excluding carboxylic acids is 1. The molecular weight excluding hydrogens is 520 g/mol. The van der Waals surface area contributed by atoms with Crippen LogP contribution in [0.3, 0.4) is 0 Å². The van der Waals surface area contributed by atoms with Crippen LogP contribution in [0.15, 0.2) is 70.7 Å². The highest BCUT2D eigenvalue weighted by atomic mass is 79.9. The molecule has 0 aliphatic heterocycles. The summed E-state index contributed by atoms with van der Waals surface area (Å²) < 4.78 is 17.6. The lowest BCUT2D eigenvalue weighted by molar-refractivity contribution is -0.112. The first kappa shape index (κ1) is 25.2. The SMILES string of the molecule is CCOc1cc(/C=C(\C#N)C(=O)Nc2ccc(OCc3ccc(Br)cc3)cc2)cc(Cl)c1OC. The summed E-state index contributed by atoms with van der Waals surface area (Å²) in [6, 6.07) is 20.0. The Morgan fingerprint density at radius 2 is 1.82 bits per heavy atom. The molecule has 0 radical (unpaired) electrons. The van der Waals surface area contributed by atoms with Crippen molar-refractivity contribution >= 4 is 45.2 Å². The quantitative estimate of drug-likeness (QED) is 0.243. The maximum atomic E-state index is 12.7. The third-order valence-corrected chi connectivity index (χ3v) is 5.45. The zero-order valence-corrected chi connectivity index (χ0v) is 20.9. The predicted molar refractivity (Wildman–Crippen MR) is 136 cm³/mol. The maximum absolute atomic E-state index is 12.7. The number of amides is 1. The van der Waals surface area contributed by atoms with Gasteiger partial charge in [0.25, 0.3) is 5.91 Å². The Bertz CT molecular complexity index is 1220. The molecule has 34 heavy (non-hydrogen) atoms. The van der Waals surface area contributed by atoms with E-state index in [4.69, 9.17) is 25.8 Å². The maximum Gasteiger partial charge on any atom is 0.266 e. The number of nitriles is 1. The molecular formula is C26H22BrClN2O4. The Labute approximate surface area is 211 Å². The molecule has 0 unspecified atom stereocenters. The van der Waals surface area contributed by atoms with Gasteiger partial charge >= 0.3 is 0 Å². The summed E-state index contributed by atoms with van der Waals surface area (Å²) in [5.41, 5.74) is 2.03. The smallest absolute Gasteiger partial charge is 0.266 e. The molecule has 0 saturated carbocycles. The van der Waals surface area contributed by atoms with E-state index in [1.54, 1.807) is 36.4 Å². The van der Waals surface area contributed by atoms with Crippen LogP contribution >= 0.6 is 27.5 Å². The monoisotopic (exact) mass is 540 g/mol. The van der Waals surface area contributed by atoms with Crippen molar-refractivity contribution in [1.29, 1.82) is 5.26 Å². The van der Waals surface area contributed by atoms with Crippen LogP contribution in [0.5, 0.6) is 17.2 Å². The van der Waals surface area contributed by atoms with Crippen LogP contribution in [-0.4, -0.2) is 19.6 Å². The lowest BCUT2D eigenvalue weighted by Gasteiger charge is -2.12. The van der Waals surface area contributed by atoms with Gasteiger partial charge in [0.05, 0.1) is 18.7 Å². The van der Waals surface area contributed by atoms with Crippen LogP contribution in [0.1, 0.15) is 18.1 Å². The molecule has 0 aromatic heterocycles. The predicted octanol–water partition coefficient (Wildman–Crippen LogP) is 6.63. The summed E-state index contributed by atoms with van der Waals surface area (Å²) in [4.78, 5) is 12.7. The van der Waals surface area contributed by atoms with Gasteiger partial charge in [-0.05, 0) is 72.7 Å². The second kappa shape index (κ2) is 12.1. The molecule has 0 atom stereocenters. The molecule has 0 aliphatic carbocycles. The third kappa shape index (κ3) is 6.77. The number of methoxy groups -OCH3 is 1. The summed E-state index contributed by atoms with van der Waals surface area (Å²) in [5, 5.41) is 12.6. The molecule has 0 heterocycles. The van der Waals surface area contributed by atoms with Crippen molar-refractivity contribution < 1.29 is 19.0 Å². The average molecular weight is 542 g/mol. The minimum Gasteiger partial charge on any atom is -0.491 e. The number of rotatable bonds is 9. The third-order valence-electron chi connectivity index (χ3n) is 4.64. The van der Waals surface area contributed by atoms with Gasteiger partial charge in [-0.25, -0.2) is 0 Å². The lowest BCUT2D eigenvalue weighted by atomic mass is 10.1. The normalized spacial score (nSPS) is 10.9. The largest absolute Gasteiger partial charge is 0.491 e. The number of ether oxygens (including phenoxy) is 3. The van der Waals surface area contributed by atoms with Crippen LogP contribution in [-0.2, 0) is 11.4 Å². The van der Waals surface area contributed by atoms with Crippen LogP contribution in [0, 0.1) is 11.3 Å². The zero-order chi connectivity index (χ0) is 24.5. The number of hydrogen-bond acceptors (Lipinski definition) is 5.